The number of para-hydroxylation sites is 1. The minimum atomic E-state index is 0.0868. The molecule has 0 radical (unpaired) electrons. The van der Waals surface area contributed by atoms with Gasteiger partial charge in [0.2, 0.25) is 5.89 Å². The van der Waals surface area contributed by atoms with E-state index in [1.165, 1.54) is 19.3 Å². The fraction of sp³-hybridized carbons (Fsp3) is 0.467. The van der Waals surface area contributed by atoms with Crippen molar-refractivity contribution in [1.29, 1.82) is 0 Å². The highest BCUT2D eigenvalue weighted by Gasteiger charge is 2.26. The lowest BCUT2D eigenvalue weighted by molar-refractivity contribution is 0.337. The van der Waals surface area contributed by atoms with Crippen LogP contribution in [0.1, 0.15) is 56.3 Å². The quantitative estimate of drug-likeness (QED) is 0.882. The molecule has 0 amide bonds. The third kappa shape index (κ3) is 2.62. The van der Waals surface area contributed by atoms with Gasteiger partial charge in [0.15, 0.2) is 5.82 Å². The van der Waals surface area contributed by atoms with Crippen molar-refractivity contribution in [3.8, 4) is 0 Å². The minimum Gasteiger partial charge on any atom is -0.374 e. The molecule has 1 heterocycles. The number of rotatable bonds is 5. The second-order valence-corrected chi connectivity index (χ2v) is 5.09. The molecule has 1 aliphatic rings. The van der Waals surface area contributed by atoms with Crippen molar-refractivity contribution in [1.82, 2.24) is 10.1 Å². The normalized spacial score (nSPS) is 16.9. The fourth-order valence-corrected chi connectivity index (χ4v) is 2.30. The fourth-order valence-electron chi connectivity index (χ4n) is 2.30. The monoisotopic (exact) mass is 257 g/mol. The molecular weight excluding hydrogens is 238 g/mol. The van der Waals surface area contributed by atoms with Crippen LogP contribution >= 0.6 is 0 Å². The second-order valence-electron chi connectivity index (χ2n) is 5.09. The largest absolute Gasteiger partial charge is 0.374 e. The summed E-state index contributed by atoms with van der Waals surface area (Å²) < 4.78 is 5.42. The van der Waals surface area contributed by atoms with Crippen LogP contribution < -0.4 is 5.32 Å². The average molecular weight is 257 g/mol. The predicted molar refractivity (Wildman–Crippen MR) is 74.0 cm³/mol. The van der Waals surface area contributed by atoms with Gasteiger partial charge in [-0.25, -0.2) is 0 Å². The average Bonchev–Trinajstić information content (AvgIpc) is 2.84. The zero-order valence-electron chi connectivity index (χ0n) is 11.2. The second kappa shape index (κ2) is 5.43. The van der Waals surface area contributed by atoms with Crippen LogP contribution in [0.2, 0.25) is 0 Å². The maximum Gasteiger partial charge on any atom is 0.249 e. The summed E-state index contributed by atoms with van der Waals surface area (Å²) in [6.45, 7) is 2.12. The molecule has 4 nitrogen and oxygen atoms in total. The summed E-state index contributed by atoms with van der Waals surface area (Å²) in [4.78, 5) is 4.56. The van der Waals surface area contributed by atoms with Gasteiger partial charge < -0.3 is 9.84 Å². The van der Waals surface area contributed by atoms with Crippen molar-refractivity contribution in [2.24, 2.45) is 0 Å². The molecule has 1 atom stereocenters. The Balaban J connectivity index is 1.72. The molecule has 1 N–H and O–H groups in total. The van der Waals surface area contributed by atoms with E-state index in [0.29, 0.717) is 11.8 Å². The van der Waals surface area contributed by atoms with E-state index in [9.17, 15) is 0 Å². The lowest BCUT2D eigenvalue weighted by atomic mass is 9.85. The number of nitrogens with zero attached hydrogens (tertiary/aromatic N) is 2. The first-order valence-corrected chi connectivity index (χ1v) is 7.02. The number of nitrogens with one attached hydrogen (secondary N) is 1. The molecule has 19 heavy (non-hydrogen) atoms. The van der Waals surface area contributed by atoms with Gasteiger partial charge in [0, 0.05) is 11.6 Å². The highest BCUT2D eigenvalue weighted by atomic mass is 16.5. The van der Waals surface area contributed by atoms with Gasteiger partial charge in [-0.2, -0.15) is 4.98 Å². The van der Waals surface area contributed by atoms with Crippen molar-refractivity contribution in [3.05, 3.63) is 42.0 Å². The van der Waals surface area contributed by atoms with Crippen LogP contribution in [0.4, 0.5) is 5.69 Å². The Morgan fingerprint density at radius 3 is 2.74 bits per heavy atom. The van der Waals surface area contributed by atoms with E-state index < -0.39 is 0 Å². The summed E-state index contributed by atoms with van der Waals surface area (Å²) in [5.74, 6) is 2.11. The Hall–Kier alpha value is -1.84. The Morgan fingerprint density at radius 2 is 2.11 bits per heavy atom. The van der Waals surface area contributed by atoms with E-state index in [4.69, 9.17) is 4.52 Å². The lowest BCUT2D eigenvalue weighted by Crippen LogP contribution is -2.12. The Bertz CT molecular complexity index is 519. The zero-order chi connectivity index (χ0) is 13.1. The van der Waals surface area contributed by atoms with Gasteiger partial charge in [-0.1, -0.05) is 36.7 Å². The molecule has 0 bridgehead atoms. The van der Waals surface area contributed by atoms with Gasteiger partial charge in [-0.15, -0.1) is 0 Å². The van der Waals surface area contributed by atoms with Crippen molar-refractivity contribution in [3.63, 3.8) is 0 Å². The highest BCUT2D eigenvalue weighted by molar-refractivity contribution is 5.43. The van der Waals surface area contributed by atoms with Crippen LogP contribution in [0.25, 0.3) is 0 Å². The van der Waals surface area contributed by atoms with Gasteiger partial charge in [-0.05, 0) is 31.4 Å². The summed E-state index contributed by atoms with van der Waals surface area (Å²) in [6, 6.07) is 10.2. The molecule has 2 aromatic rings. The van der Waals surface area contributed by atoms with Gasteiger partial charge in [0.05, 0.1) is 0 Å². The van der Waals surface area contributed by atoms with E-state index in [2.05, 4.69) is 22.4 Å². The first-order chi connectivity index (χ1) is 9.36. The number of benzene rings is 1. The maximum absolute atomic E-state index is 5.42. The molecule has 0 saturated heterocycles. The van der Waals surface area contributed by atoms with Crippen LogP contribution in [0.5, 0.6) is 0 Å². The van der Waals surface area contributed by atoms with Crippen molar-refractivity contribution < 1.29 is 4.52 Å². The molecule has 1 aromatic heterocycles. The van der Waals surface area contributed by atoms with Crippen molar-refractivity contribution in [2.45, 2.75) is 44.6 Å². The van der Waals surface area contributed by atoms with E-state index in [0.717, 1.165) is 17.9 Å². The summed E-state index contributed by atoms with van der Waals surface area (Å²) in [6.07, 6.45) is 4.60. The Kier molecular flexibility index (Phi) is 3.49. The van der Waals surface area contributed by atoms with Crippen LogP contribution in [0.3, 0.4) is 0 Å². The SMILES string of the molecule is CC[C@H](Nc1ccccc1)c1nc(C2CCC2)no1. The van der Waals surface area contributed by atoms with Gasteiger partial charge in [-0.3, -0.25) is 0 Å². The molecule has 0 unspecified atom stereocenters. The van der Waals surface area contributed by atoms with E-state index in [-0.39, 0.29) is 6.04 Å². The van der Waals surface area contributed by atoms with Gasteiger partial charge in [0.25, 0.3) is 0 Å². The van der Waals surface area contributed by atoms with Crippen molar-refractivity contribution in [2.75, 3.05) is 5.32 Å². The van der Waals surface area contributed by atoms with Gasteiger partial charge in [0.1, 0.15) is 6.04 Å². The number of anilines is 1. The third-order valence-electron chi connectivity index (χ3n) is 3.75. The molecule has 3 rings (SSSR count). The molecule has 1 fully saturated rings. The lowest BCUT2D eigenvalue weighted by Gasteiger charge is -2.21. The minimum absolute atomic E-state index is 0.0868. The molecule has 0 spiro atoms. The third-order valence-corrected chi connectivity index (χ3v) is 3.75. The number of hydrogen-bond acceptors (Lipinski definition) is 4. The molecule has 1 saturated carbocycles. The first-order valence-electron chi connectivity index (χ1n) is 7.02. The van der Waals surface area contributed by atoms with E-state index in [1.54, 1.807) is 0 Å². The predicted octanol–water partition coefficient (Wildman–Crippen LogP) is 3.90. The Labute approximate surface area is 113 Å². The molecule has 4 heteroatoms. The summed E-state index contributed by atoms with van der Waals surface area (Å²) in [7, 11) is 0. The summed E-state index contributed by atoms with van der Waals surface area (Å²) >= 11 is 0. The van der Waals surface area contributed by atoms with Crippen molar-refractivity contribution >= 4 is 5.69 Å². The van der Waals surface area contributed by atoms with E-state index >= 15 is 0 Å². The molecule has 1 aliphatic carbocycles. The molecule has 100 valence electrons. The van der Waals surface area contributed by atoms with Crippen LogP contribution in [-0.4, -0.2) is 10.1 Å². The molecular formula is C15H19N3O. The topological polar surface area (TPSA) is 51.0 Å². The summed E-state index contributed by atoms with van der Waals surface area (Å²) in [5, 5.41) is 7.56. The smallest absolute Gasteiger partial charge is 0.249 e. The maximum atomic E-state index is 5.42. The van der Waals surface area contributed by atoms with E-state index in [1.807, 2.05) is 30.3 Å². The van der Waals surface area contributed by atoms with Gasteiger partial charge >= 0.3 is 0 Å². The molecule has 0 aliphatic heterocycles. The standard InChI is InChI=1S/C15H19N3O/c1-2-13(16-12-9-4-3-5-10-12)15-17-14(18-19-15)11-7-6-8-11/h3-5,9-11,13,16H,2,6-8H2,1H3/t13-/m0/s1. The highest BCUT2D eigenvalue weighted by Crippen LogP contribution is 2.35. The summed E-state index contributed by atoms with van der Waals surface area (Å²) in [5.41, 5.74) is 1.08. The molecule has 1 aromatic carbocycles. The Morgan fingerprint density at radius 1 is 1.32 bits per heavy atom. The van der Waals surface area contributed by atoms with Crippen LogP contribution in [-0.2, 0) is 0 Å². The number of aromatic nitrogens is 2. The number of hydrogen-bond donors (Lipinski definition) is 1. The zero-order valence-corrected chi connectivity index (χ0v) is 11.2. The van der Waals surface area contributed by atoms with Crippen LogP contribution in [0, 0.1) is 0 Å². The van der Waals surface area contributed by atoms with Crippen LogP contribution in [0.15, 0.2) is 34.9 Å². The first kappa shape index (κ1) is 12.2.